The molecule has 6 nitrogen and oxygen atoms in total. The predicted molar refractivity (Wildman–Crippen MR) is 55.9 cm³/mol. The zero-order valence-electron chi connectivity index (χ0n) is 9.14. The average molecular weight is 226 g/mol. The zero-order valence-corrected chi connectivity index (χ0v) is 9.14. The third kappa shape index (κ3) is 2.60. The summed E-state index contributed by atoms with van der Waals surface area (Å²) in [5.41, 5.74) is 6.62. The van der Waals surface area contributed by atoms with E-state index < -0.39 is 18.0 Å². The second kappa shape index (κ2) is 4.80. The van der Waals surface area contributed by atoms with Gasteiger partial charge in [0.05, 0.1) is 13.5 Å². The van der Waals surface area contributed by atoms with Crippen molar-refractivity contribution in [2.75, 3.05) is 7.11 Å². The first-order chi connectivity index (χ1) is 7.45. The van der Waals surface area contributed by atoms with E-state index in [1.807, 2.05) is 0 Å². The normalized spacial score (nSPS) is 12.2. The van der Waals surface area contributed by atoms with Crippen LogP contribution in [0.5, 0.6) is 0 Å². The van der Waals surface area contributed by atoms with Crippen LogP contribution in [-0.4, -0.2) is 28.7 Å². The molecule has 0 amide bonds. The number of methoxy groups -OCH3 is 1. The Morgan fingerprint density at radius 3 is 2.75 bits per heavy atom. The lowest BCUT2D eigenvalue weighted by atomic mass is 10.1. The number of aryl methyl sites for hydroxylation is 1. The molecule has 0 fully saturated rings. The van der Waals surface area contributed by atoms with Crippen LogP contribution in [0.2, 0.25) is 0 Å². The van der Waals surface area contributed by atoms with Crippen molar-refractivity contribution in [3.05, 3.63) is 23.5 Å². The molecule has 0 bridgehead atoms. The number of hydrogen-bond acceptors (Lipinski definition) is 4. The van der Waals surface area contributed by atoms with E-state index in [-0.39, 0.29) is 6.42 Å². The van der Waals surface area contributed by atoms with E-state index in [1.165, 1.54) is 7.11 Å². The number of esters is 1. The van der Waals surface area contributed by atoms with Gasteiger partial charge in [0.15, 0.2) is 0 Å². The number of carbonyl (C=O) groups is 2. The number of hydrogen-bond donors (Lipinski definition) is 2. The molecular formula is C10H14N2O4. The summed E-state index contributed by atoms with van der Waals surface area (Å²) in [6, 6.07) is 0.918. The van der Waals surface area contributed by atoms with Crippen LogP contribution >= 0.6 is 0 Å². The van der Waals surface area contributed by atoms with Gasteiger partial charge in [-0.3, -0.25) is 4.79 Å². The Morgan fingerprint density at radius 1 is 1.62 bits per heavy atom. The maximum Gasteiger partial charge on any atom is 0.354 e. The lowest BCUT2D eigenvalue weighted by molar-refractivity contribution is -0.137. The summed E-state index contributed by atoms with van der Waals surface area (Å²) < 4.78 is 6.13. The number of ether oxygens (including phenoxy) is 1. The Bertz CT molecular complexity index is 411. The summed E-state index contributed by atoms with van der Waals surface area (Å²) in [5, 5.41) is 8.60. The van der Waals surface area contributed by atoms with Crippen LogP contribution in [0.4, 0.5) is 0 Å². The van der Waals surface area contributed by atoms with Gasteiger partial charge in [-0.2, -0.15) is 0 Å². The number of aliphatic carboxylic acids is 1. The van der Waals surface area contributed by atoms with Crippen LogP contribution < -0.4 is 5.73 Å². The smallest absolute Gasteiger partial charge is 0.354 e. The first kappa shape index (κ1) is 12.3. The summed E-state index contributed by atoms with van der Waals surface area (Å²) in [6.07, 6.45) is 1.45. The molecule has 0 aliphatic rings. The van der Waals surface area contributed by atoms with Crippen LogP contribution in [0.25, 0.3) is 0 Å². The lowest BCUT2D eigenvalue weighted by Gasteiger charge is -2.04. The molecule has 0 aliphatic carbocycles. The fourth-order valence-electron chi connectivity index (χ4n) is 1.41. The SMILES string of the molecule is COC(=O)c1cc(C(N)CC(=O)O)cn1C. The maximum absolute atomic E-state index is 11.3. The molecular weight excluding hydrogens is 212 g/mol. The molecule has 1 rings (SSSR count). The summed E-state index contributed by atoms with van der Waals surface area (Å²) in [5.74, 6) is -1.45. The largest absolute Gasteiger partial charge is 0.481 e. The quantitative estimate of drug-likeness (QED) is 0.719. The second-order valence-electron chi connectivity index (χ2n) is 3.47. The molecule has 88 valence electrons. The highest BCUT2D eigenvalue weighted by Gasteiger charge is 2.17. The monoisotopic (exact) mass is 226 g/mol. The van der Waals surface area contributed by atoms with E-state index in [9.17, 15) is 9.59 Å². The van der Waals surface area contributed by atoms with Gasteiger partial charge in [0.25, 0.3) is 0 Å². The number of nitrogens with two attached hydrogens (primary N) is 1. The number of carbonyl (C=O) groups excluding carboxylic acids is 1. The fourth-order valence-corrected chi connectivity index (χ4v) is 1.41. The van der Waals surface area contributed by atoms with Crippen LogP contribution in [0.15, 0.2) is 12.3 Å². The van der Waals surface area contributed by atoms with Crippen LogP contribution in [0.1, 0.15) is 28.5 Å². The van der Waals surface area contributed by atoms with Gasteiger partial charge in [-0.1, -0.05) is 0 Å². The molecule has 0 spiro atoms. The third-order valence-electron chi connectivity index (χ3n) is 2.24. The van der Waals surface area contributed by atoms with Crippen LogP contribution in [-0.2, 0) is 16.6 Å². The average Bonchev–Trinajstić information content (AvgIpc) is 2.58. The zero-order chi connectivity index (χ0) is 12.3. The topological polar surface area (TPSA) is 94.6 Å². The van der Waals surface area contributed by atoms with Gasteiger partial charge in [0.2, 0.25) is 0 Å². The molecule has 6 heteroatoms. The third-order valence-corrected chi connectivity index (χ3v) is 2.24. The van der Waals surface area contributed by atoms with Crippen molar-refractivity contribution in [2.45, 2.75) is 12.5 Å². The van der Waals surface area contributed by atoms with Gasteiger partial charge < -0.3 is 20.1 Å². The van der Waals surface area contributed by atoms with E-state index in [2.05, 4.69) is 4.74 Å². The van der Waals surface area contributed by atoms with Crippen molar-refractivity contribution < 1.29 is 19.4 Å². The molecule has 1 aromatic rings. The summed E-state index contributed by atoms with van der Waals surface area (Å²) in [4.78, 5) is 21.8. The number of nitrogens with zero attached hydrogens (tertiary/aromatic N) is 1. The maximum atomic E-state index is 11.3. The number of carboxylic acids is 1. The molecule has 3 N–H and O–H groups in total. The van der Waals surface area contributed by atoms with Crippen LogP contribution in [0.3, 0.4) is 0 Å². The van der Waals surface area contributed by atoms with E-state index >= 15 is 0 Å². The van der Waals surface area contributed by atoms with Crippen molar-refractivity contribution >= 4 is 11.9 Å². The molecule has 16 heavy (non-hydrogen) atoms. The van der Waals surface area contributed by atoms with E-state index in [0.717, 1.165) is 0 Å². The standard InChI is InChI=1S/C10H14N2O4/c1-12-5-6(7(11)4-9(13)14)3-8(12)10(15)16-2/h3,5,7H,4,11H2,1-2H3,(H,13,14). The van der Waals surface area contributed by atoms with E-state index in [0.29, 0.717) is 11.3 Å². The predicted octanol–water partition coefficient (Wildman–Crippen LogP) is 0.286. The summed E-state index contributed by atoms with van der Waals surface area (Å²) >= 11 is 0. The highest BCUT2D eigenvalue weighted by atomic mass is 16.5. The Hall–Kier alpha value is -1.82. The van der Waals surface area contributed by atoms with Gasteiger partial charge in [0, 0.05) is 19.3 Å². The first-order valence-electron chi connectivity index (χ1n) is 4.67. The van der Waals surface area contributed by atoms with E-state index in [1.54, 1.807) is 23.9 Å². The summed E-state index contributed by atoms with van der Waals surface area (Å²) in [6.45, 7) is 0. The molecule has 1 atom stereocenters. The molecule has 0 aromatic carbocycles. The molecule has 1 unspecified atom stereocenters. The molecule has 0 radical (unpaired) electrons. The first-order valence-corrected chi connectivity index (χ1v) is 4.67. The van der Waals surface area contributed by atoms with Crippen molar-refractivity contribution in [2.24, 2.45) is 12.8 Å². The van der Waals surface area contributed by atoms with Gasteiger partial charge >= 0.3 is 11.9 Å². The second-order valence-corrected chi connectivity index (χ2v) is 3.47. The Balaban J connectivity index is 2.91. The van der Waals surface area contributed by atoms with Crippen molar-refractivity contribution in [1.82, 2.24) is 4.57 Å². The molecule has 0 aliphatic heterocycles. The molecule has 0 saturated heterocycles. The van der Waals surface area contributed by atoms with Gasteiger partial charge in [-0.15, -0.1) is 0 Å². The highest BCUT2D eigenvalue weighted by Crippen LogP contribution is 2.17. The van der Waals surface area contributed by atoms with Gasteiger partial charge in [-0.25, -0.2) is 4.79 Å². The van der Waals surface area contributed by atoms with Crippen LogP contribution in [0, 0.1) is 0 Å². The molecule has 0 saturated carbocycles. The minimum atomic E-state index is -0.976. The van der Waals surface area contributed by atoms with Crippen molar-refractivity contribution in [3.8, 4) is 0 Å². The molecule has 1 heterocycles. The summed E-state index contributed by atoms with van der Waals surface area (Å²) in [7, 11) is 2.95. The molecule has 1 aromatic heterocycles. The number of carboxylic acid groups (broad SMARTS) is 1. The van der Waals surface area contributed by atoms with Gasteiger partial charge in [-0.05, 0) is 11.6 Å². The minimum Gasteiger partial charge on any atom is -0.481 e. The Labute approximate surface area is 92.6 Å². The van der Waals surface area contributed by atoms with E-state index in [4.69, 9.17) is 10.8 Å². The number of rotatable bonds is 4. The minimum absolute atomic E-state index is 0.176. The fraction of sp³-hybridized carbons (Fsp3) is 0.400. The Kier molecular flexibility index (Phi) is 3.68. The van der Waals surface area contributed by atoms with Crippen molar-refractivity contribution in [1.29, 1.82) is 0 Å². The number of aromatic nitrogens is 1. The van der Waals surface area contributed by atoms with Gasteiger partial charge in [0.1, 0.15) is 5.69 Å². The lowest BCUT2D eigenvalue weighted by Crippen LogP contribution is -2.14. The van der Waals surface area contributed by atoms with Crippen molar-refractivity contribution in [3.63, 3.8) is 0 Å². The highest BCUT2D eigenvalue weighted by molar-refractivity contribution is 5.88. The Morgan fingerprint density at radius 2 is 2.25 bits per heavy atom.